The number of amides is 3. The summed E-state index contributed by atoms with van der Waals surface area (Å²) in [5.41, 5.74) is 12.1. The van der Waals surface area contributed by atoms with Gasteiger partial charge >= 0.3 is 0 Å². The molecular formula is C22H25N5O3S2. The molecule has 2 aromatic heterocycles. The van der Waals surface area contributed by atoms with Crippen LogP contribution in [0.5, 0.6) is 0 Å². The molecule has 5 N–H and O–H groups in total. The molecule has 0 aliphatic heterocycles. The fourth-order valence-corrected chi connectivity index (χ4v) is 4.64. The Hall–Kier alpha value is -3.24. The Kier molecular flexibility index (Phi) is 6.65. The Balaban J connectivity index is 2.18. The van der Waals surface area contributed by atoms with Gasteiger partial charge in [-0.3, -0.25) is 19.3 Å². The van der Waals surface area contributed by atoms with Gasteiger partial charge in [0.1, 0.15) is 4.88 Å². The number of thiophene rings is 1. The van der Waals surface area contributed by atoms with Gasteiger partial charge in [-0.25, -0.2) is 0 Å². The topological polar surface area (TPSA) is 131 Å². The average molecular weight is 472 g/mol. The molecule has 0 saturated carbocycles. The molecule has 3 aromatic rings. The average Bonchev–Trinajstić information content (AvgIpc) is 3.34. The van der Waals surface area contributed by atoms with E-state index in [1.807, 2.05) is 51.3 Å². The number of aromatic nitrogens is 1. The van der Waals surface area contributed by atoms with Gasteiger partial charge in [0, 0.05) is 16.1 Å². The van der Waals surface area contributed by atoms with Crippen LogP contribution in [0.2, 0.25) is 0 Å². The van der Waals surface area contributed by atoms with Crippen LogP contribution >= 0.6 is 22.9 Å². The highest BCUT2D eigenvalue weighted by molar-refractivity contribution is 7.10. The minimum absolute atomic E-state index is 0.0458. The van der Waals surface area contributed by atoms with Crippen molar-refractivity contribution in [3.8, 4) is 0 Å². The van der Waals surface area contributed by atoms with Crippen molar-refractivity contribution in [2.45, 2.75) is 39.3 Å². The third-order valence-corrected chi connectivity index (χ3v) is 6.28. The van der Waals surface area contributed by atoms with E-state index in [-0.39, 0.29) is 22.2 Å². The summed E-state index contributed by atoms with van der Waals surface area (Å²) in [6.07, 6.45) is 0. The standard InChI is InChI=1S/C22H25N5O3S2/c1-12-7-9-13(10-8-12)27(21(30)18-15(23)16(19(24)28)26-32-18)17(14-6-5-11-31-14)20(29)25-22(2,3)4/h5-11,17H,23H2,1-4H3,(H2,24,28)(H,25,29). The molecule has 1 atom stereocenters. The summed E-state index contributed by atoms with van der Waals surface area (Å²) >= 11 is 2.15. The second-order valence-electron chi connectivity index (χ2n) is 8.31. The zero-order valence-corrected chi connectivity index (χ0v) is 19.8. The lowest BCUT2D eigenvalue weighted by Gasteiger charge is -2.33. The third-order valence-electron chi connectivity index (χ3n) is 4.50. The van der Waals surface area contributed by atoms with Crippen molar-refractivity contribution in [3.05, 3.63) is 62.8 Å². The molecule has 1 aromatic carbocycles. The number of carbonyl (C=O) groups excluding carboxylic acids is 3. The first kappa shape index (κ1) is 23.4. The van der Waals surface area contributed by atoms with Crippen molar-refractivity contribution in [1.82, 2.24) is 9.69 Å². The quantitative estimate of drug-likeness (QED) is 0.506. The number of carbonyl (C=O) groups is 3. The van der Waals surface area contributed by atoms with Crippen molar-refractivity contribution in [1.29, 1.82) is 0 Å². The van der Waals surface area contributed by atoms with Crippen molar-refractivity contribution in [2.24, 2.45) is 5.73 Å². The highest BCUT2D eigenvalue weighted by Gasteiger charge is 2.37. The number of nitrogens with zero attached hydrogens (tertiary/aromatic N) is 2. The molecule has 0 fully saturated rings. The van der Waals surface area contributed by atoms with E-state index in [1.54, 1.807) is 18.2 Å². The molecular weight excluding hydrogens is 446 g/mol. The SMILES string of the molecule is Cc1ccc(N(C(=O)c2snc(C(N)=O)c2N)C(C(=O)NC(C)(C)C)c2cccs2)cc1. The van der Waals surface area contributed by atoms with E-state index in [2.05, 4.69) is 9.69 Å². The molecule has 2 heterocycles. The molecule has 3 amide bonds. The third kappa shape index (κ3) is 4.97. The molecule has 3 rings (SSSR count). The number of aryl methyl sites for hydroxylation is 1. The summed E-state index contributed by atoms with van der Waals surface area (Å²) in [7, 11) is 0. The van der Waals surface area contributed by atoms with Crippen LogP contribution in [0.15, 0.2) is 41.8 Å². The van der Waals surface area contributed by atoms with Crippen LogP contribution in [0, 0.1) is 6.92 Å². The fraction of sp³-hybridized carbons (Fsp3) is 0.273. The first-order chi connectivity index (χ1) is 15.0. The Morgan fingerprint density at radius 2 is 1.78 bits per heavy atom. The summed E-state index contributed by atoms with van der Waals surface area (Å²) < 4.78 is 3.95. The summed E-state index contributed by atoms with van der Waals surface area (Å²) in [5.74, 6) is -1.70. The maximum Gasteiger partial charge on any atom is 0.273 e. The summed E-state index contributed by atoms with van der Waals surface area (Å²) in [6, 6.07) is 9.91. The van der Waals surface area contributed by atoms with E-state index in [1.165, 1.54) is 16.2 Å². The number of benzene rings is 1. The summed E-state index contributed by atoms with van der Waals surface area (Å²) in [6.45, 7) is 7.54. The smallest absolute Gasteiger partial charge is 0.273 e. The number of rotatable bonds is 6. The Morgan fingerprint density at radius 1 is 1.12 bits per heavy atom. The highest BCUT2D eigenvalue weighted by Crippen LogP contribution is 2.35. The molecule has 0 saturated heterocycles. The van der Waals surface area contributed by atoms with Crippen molar-refractivity contribution < 1.29 is 14.4 Å². The van der Waals surface area contributed by atoms with Gasteiger partial charge in [0.15, 0.2) is 11.7 Å². The van der Waals surface area contributed by atoms with Crippen molar-refractivity contribution in [3.63, 3.8) is 0 Å². The number of nitrogen functional groups attached to an aromatic ring is 1. The summed E-state index contributed by atoms with van der Waals surface area (Å²) in [4.78, 5) is 41.0. The van der Waals surface area contributed by atoms with Crippen molar-refractivity contribution >= 4 is 52.0 Å². The maximum absolute atomic E-state index is 13.8. The van der Waals surface area contributed by atoms with Gasteiger partial charge in [0.2, 0.25) is 5.91 Å². The molecule has 10 heteroatoms. The van der Waals surface area contributed by atoms with E-state index in [0.717, 1.165) is 17.1 Å². The van der Waals surface area contributed by atoms with Gasteiger partial charge in [-0.1, -0.05) is 23.8 Å². The second-order valence-corrected chi connectivity index (χ2v) is 10.1. The number of hydrogen-bond donors (Lipinski definition) is 3. The minimum atomic E-state index is -0.956. The number of primary amides is 1. The summed E-state index contributed by atoms with van der Waals surface area (Å²) in [5, 5.41) is 4.81. The molecule has 0 aliphatic rings. The van der Waals surface area contributed by atoms with Gasteiger partial charge in [-0.2, -0.15) is 4.37 Å². The lowest BCUT2D eigenvalue weighted by molar-refractivity contribution is -0.123. The molecule has 0 aliphatic carbocycles. The zero-order valence-electron chi connectivity index (χ0n) is 18.2. The van der Waals surface area contributed by atoms with Crippen LogP contribution < -0.4 is 21.7 Å². The maximum atomic E-state index is 13.8. The van der Waals surface area contributed by atoms with Gasteiger partial charge in [0.25, 0.3) is 11.8 Å². The van der Waals surface area contributed by atoms with Gasteiger partial charge in [0.05, 0.1) is 5.69 Å². The number of anilines is 2. The van der Waals surface area contributed by atoms with Crippen LogP contribution in [-0.4, -0.2) is 27.6 Å². The largest absolute Gasteiger partial charge is 0.395 e. The lowest BCUT2D eigenvalue weighted by Crippen LogP contribution is -2.49. The van der Waals surface area contributed by atoms with Crippen LogP contribution in [0.4, 0.5) is 11.4 Å². The van der Waals surface area contributed by atoms with Gasteiger partial charge in [-0.05, 0) is 62.8 Å². The van der Waals surface area contributed by atoms with Crippen LogP contribution in [0.3, 0.4) is 0 Å². The number of nitrogens with one attached hydrogen (secondary N) is 1. The van der Waals surface area contributed by atoms with Crippen LogP contribution in [0.25, 0.3) is 0 Å². The van der Waals surface area contributed by atoms with E-state index in [0.29, 0.717) is 10.6 Å². The first-order valence-corrected chi connectivity index (χ1v) is 11.5. The lowest BCUT2D eigenvalue weighted by atomic mass is 10.1. The van der Waals surface area contributed by atoms with Crippen LogP contribution in [0.1, 0.15) is 57.4 Å². The molecule has 32 heavy (non-hydrogen) atoms. The van der Waals surface area contributed by atoms with E-state index >= 15 is 0 Å². The monoisotopic (exact) mass is 471 g/mol. The fourth-order valence-electron chi connectivity index (χ4n) is 3.09. The Labute approximate surface area is 194 Å². The van der Waals surface area contributed by atoms with Gasteiger partial charge in [-0.15, -0.1) is 11.3 Å². The van der Waals surface area contributed by atoms with E-state index in [4.69, 9.17) is 11.5 Å². The first-order valence-electron chi connectivity index (χ1n) is 9.80. The van der Waals surface area contributed by atoms with Crippen LogP contribution in [-0.2, 0) is 4.79 Å². The predicted octanol–water partition coefficient (Wildman–Crippen LogP) is 3.50. The van der Waals surface area contributed by atoms with E-state index in [9.17, 15) is 14.4 Å². The highest BCUT2D eigenvalue weighted by atomic mass is 32.1. The zero-order chi connectivity index (χ0) is 23.6. The van der Waals surface area contributed by atoms with E-state index < -0.39 is 23.4 Å². The molecule has 8 nitrogen and oxygen atoms in total. The minimum Gasteiger partial charge on any atom is -0.395 e. The van der Waals surface area contributed by atoms with Gasteiger partial charge < -0.3 is 16.8 Å². The Morgan fingerprint density at radius 3 is 2.28 bits per heavy atom. The molecule has 0 radical (unpaired) electrons. The predicted molar refractivity (Wildman–Crippen MR) is 128 cm³/mol. The normalized spacial score (nSPS) is 12.2. The number of nitrogens with two attached hydrogens (primary N) is 2. The second kappa shape index (κ2) is 9.09. The molecule has 1 unspecified atom stereocenters. The molecule has 168 valence electrons. The molecule has 0 spiro atoms. The van der Waals surface area contributed by atoms with Crippen molar-refractivity contribution in [2.75, 3.05) is 10.6 Å². The number of hydrogen-bond acceptors (Lipinski definition) is 7. The molecule has 0 bridgehead atoms. The Bertz CT molecular complexity index is 1130.